The fraction of sp³-hybridized carbons (Fsp3) is 0.889. The van der Waals surface area contributed by atoms with Crippen LogP contribution < -0.4 is 5.32 Å². The second-order valence-electron chi connectivity index (χ2n) is 4.08. The Labute approximate surface area is 72.2 Å². The average molecular weight is 169 g/mol. The molecular weight excluding hydrogens is 154 g/mol. The van der Waals surface area contributed by atoms with E-state index in [0.29, 0.717) is 5.92 Å². The van der Waals surface area contributed by atoms with Gasteiger partial charge in [-0.25, -0.2) is 0 Å². The topological polar surface area (TPSA) is 49.3 Å². The molecule has 1 aliphatic heterocycles. The Morgan fingerprint density at radius 1 is 1.42 bits per heavy atom. The lowest BCUT2D eigenvalue weighted by Crippen LogP contribution is -2.29. The van der Waals surface area contributed by atoms with Crippen molar-refractivity contribution >= 4 is 5.97 Å². The van der Waals surface area contributed by atoms with Gasteiger partial charge in [0.2, 0.25) is 0 Å². The number of aliphatic carboxylic acids is 1. The fourth-order valence-corrected chi connectivity index (χ4v) is 2.00. The van der Waals surface area contributed by atoms with Crippen molar-refractivity contribution in [1.29, 1.82) is 0 Å². The lowest BCUT2D eigenvalue weighted by Gasteiger charge is -2.05. The van der Waals surface area contributed by atoms with Crippen molar-refractivity contribution in [1.82, 2.24) is 5.32 Å². The first-order valence-electron chi connectivity index (χ1n) is 4.72. The van der Waals surface area contributed by atoms with E-state index in [9.17, 15) is 4.79 Å². The fourth-order valence-electron chi connectivity index (χ4n) is 2.00. The highest BCUT2D eigenvalue weighted by atomic mass is 16.4. The van der Waals surface area contributed by atoms with Crippen LogP contribution >= 0.6 is 0 Å². The van der Waals surface area contributed by atoms with E-state index in [1.165, 1.54) is 19.3 Å². The molecular formula is C9H15NO2. The Bertz CT molecular complexity index is 189. The molecule has 1 saturated heterocycles. The van der Waals surface area contributed by atoms with Crippen molar-refractivity contribution in [3.05, 3.63) is 0 Å². The van der Waals surface area contributed by atoms with Gasteiger partial charge in [0.05, 0.1) is 0 Å². The van der Waals surface area contributed by atoms with Crippen LogP contribution in [0.2, 0.25) is 0 Å². The van der Waals surface area contributed by atoms with Crippen LogP contribution in [0.3, 0.4) is 0 Å². The number of nitrogens with one attached hydrogen (secondary N) is 1. The normalized spacial score (nSPS) is 35.3. The van der Waals surface area contributed by atoms with E-state index in [1.807, 2.05) is 0 Å². The predicted molar refractivity (Wildman–Crippen MR) is 44.9 cm³/mol. The van der Waals surface area contributed by atoms with Crippen molar-refractivity contribution in [3.63, 3.8) is 0 Å². The minimum Gasteiger partial charge on any atom is -0.480 e. The zero-order chi connectivity index (χ0) is 8.55. The zero-order valence-electron chi connectivity index (χ0n) is 7.12. The standard InChI is InChI=1S/C9H15NO2/c11-9(12)8-4-7(5-10-8)3-6-1-2-6/h6-8,10H,1-5H2,(H,11,12). The number of carbonyl (C=O) groups is 1. The van der Waals surface area contributed by atoms with Gasteiger partial charge >= 0.3 is 5.97 Å². The molecule has 0 radical (unpaired) electrons. The third kappa shape index (κ3) is 1.78. The molecule has 2 aliphatic rings. The molecule has 2 unspecified atom stereocenters. The smallest absolute Gasteiger partial charge is 0.320 e. The van der Waals surface area contributed by atoms with Crippen LogP contribution in [0, 0.1) is 11.8 Å². The van der Waals surface area contributed by atoms with Gasteiger partial charge in [0, 0.05) is 0 Å². The maximum absolute atomic E-state index is 10.6. The molecule has 0 aromatic rings. The van der Waals surface area contributed by atoms with Crippen molar-refractivity contribution in [2.24, 2.45) is 11.8 Å². The van der Waals surface area contributed by atoms with Gasteiger partial charge < -0.3 is 10.4 Å². The van der Waals surface area contributed by atoms with Crippen LogP contribution in [0.4, 0.5) is 0 Å². The van der Waals surface area contributed by atoms with E-state index in [0.717, 1.165) is 18.9 Å². The molecule has 3 heteroatoms. The third-order valence-electron chi connectivity index (χ3n) is 2.88. The Kier molecular flexibility index (Phi) is 2.05. The monoisotopic (exact) mass is 169 g/mol. The summed E-state index contributed by atoms with van der Waals surface area (Å²) in [6, 6.07) is -0.270. The molecule has 2 fully saturated rings. The van der Waals surface area contributed by atoms with Crippen LogP contribution in [0.1, 0.15) is 25.7 Å². The third-order valence-corrected chi connectivity index (χ3v) is 2.88. The first kappa shape index (κ1) is 8.05. The summed E-state index contributed by atoms with van der Waals surface area (Å²) in [4.78, 5) is 10.6. The Hall–Kier alpha value is -0.570. The number of rotatable bonds is 3. The highest BCUT2D eigenvalue weighted by molar-refractivity contribution is 5.73. The zero-order valence-corrected chi connectivity index (χ0v) is 7.12. The molecule has 1 saturated carbocycles. The molecule has 0 aromatic carbocycles. The Balaban J connectivity index is 1.76. The number of hydrogen-bond donors (Lipinski definition) is 2. The maximum Gasteiger partial charge on any atom is 0.320 e. The first-order chi connectivity index (χ1) is 5.75. The maximum atomic E-state index is 10.6. The molecule has 12 heavy (non-hydrogen) atoms. The van der Waals surface area contributed by atoms with E-state index in [4.69, 9.17) is 5.11 Å². The number of carboxylic acid groups (broad SMARTS) is 1. The summed E-state index contributed by atoms with van der Waals surface area (Å²) in [7, 11) is 0. The lowest BCUT2D eigenvalue weighted by atomic mass is 9.99. The molecule has 0 amide bonds. The van der Waals surface area contributed by atoms with Gasteiger partial charge in [-0.15, -0.1) is 0 Å². The molecule has 2 atom stereocenters. The molecule has 1 heterocycles. The Morgan fingerprint density at radius 3 is 2.67 bits per heavy atom. The Morgan fingerprint density at radius 2 is 2.17 bits per heavy atom. The van der Waals surface area contributed by atoms with Crippen molar-refractivity contribution < 1.29 is 9.90 Å². The second kappa shape index (κ2) is 3.05. The van der Waals surface area contributed by atoms with Gasteiger partial charge in [-0.3, -0.25) is 4.79 Å². The summed E-state index contributed by atoms with van der Waals surface area (Å²) in [5.74, 6) is 0.858. The molecule has 68 valence electrons. The summed E-state index contributed by atoms with van der Waals surface area (Å²) >= 11 is 0. The van der Waals surface area contributed by atoms with E-state index >= 15 is 0 Å². The SMILES string of the molecule is O=C(O)C1CC(CC2CC2)CN1. The number of hydrogen-bond acceptors (Lipinski definition) is 2. The highest BCUT2D eigenvalue weighted by Crippen LogP contribution is 2.37. The van der Waals surface area contributed by atoms with Crippen LogP contribution in [0.25, 0.3) is 0 Å². The van der Waals surface area contributed by atoms with Crippen molar-refractivity contribution in [2.75, 3.05) is 6.54 Å². The lowest BCUT2D eigenvalue weighted by molar-refractivity contribution is -0.139. The van der Waals surface area contributed by atoms with Gasteiger partial charge in [0.15, 0.2) is 0 Å². The summed E-state index contributed by atoms with van der Waals surface area (Å²) in [6.45, 7) is 0.910. The molecule has 3 nitrogen and oxygen atoms in total. The predicted octanol–water partition coefficient (Wildman–Crippen LogP) is 0.849. The van der Waals surface area contributed by atoms with Crippen molar-refractivity contribution in [3.8, 4) is 0 Å². The molecule has 0 aromatic heterocycles. The van der Waals surface area contributed by atoms with E-state index in [2.05, 4.69) is 5.32 Å². The number of carboxylic acids is 1. The first-order valence-corrected chi connectivity index (χ1v) is 4.72. The molecule has 0 spiro atoms. The second-order valence-corrected chi connectivity index (χ2v) is 4.08. The van der Waals surface area contributed by atoms with E-state index < -0.39 is 5.97 Å². The van der Waals surface area contributed by atoms with Gasteiger partial charge in [-0.2, -0.15) is 0 Å². The van der Waals surface area contributed by atoms with Crippen LogP contribution in [-0.2, 0) is 4.79 Å². The highest BCUT2D eigenvalue weighted by Gasteiger charge is 2.33. The van der Waals surface area contributed by atoms with E-state index in [-0.39, 0.29) is 6.04 Å². The van der Waals surface area contributed by atoms with Gasteiger partial charge in [-0.1, -0.05) is 12.8 Å². The summed E-state index contributed by atoms with van der Waals surface area (Å²) in [5, 5.41) is 11.8. The summed E-state index contributed by atoms with van der Waals surface area (Å²) < 4.78 is 0. The quantitative estimate of drug-likeness (QED) is 0.658. The largest absolute Gasteiger partial charge is 0.480 e. The average Bonchev–Trinajstić information content (AvgIpc) is 2.66. The molecule has 2 rings (SSSR count). The van der Waals surface area contributed by atoms with Gasteiger partial charge in [0.25, 0.3) is 0 Å². The minimum atomic E-state index is -0.687. The molecule has 2 N–H and O–H groups in total. The minimum absolute atomic E-state index is 0.270. The molecule has 1 aliphatic carbocycles. The van der Waals surface area contributed by atoms with Crippen LogP contribution in [-0.4, -0.2) is 23.7 Å². The van der Waals surface area contributed by atoms with Gasteiger partial charge in [0.1, 0.15) is 6.04 Å². The van der Waals surface area contributed by atoms with Crippen molar-refractivity contribution in [2.45, 2.75) is 31.7 Å². The van der Waals surface area contributed by atoms with E-state index in [1.54, 1.807) is 0 Å². The molecule has 0 bridgehead atoms. The van der Waals surface area contributed by atoms with Gasteiger partial charge in [-0.05, 0) is 31.2 Å². The van der Waals surface area contributed by atoms with Crippen LogP contribution in [0.5, 0.6) is 0 Å². The summed E-state index contributed by atoms with van der Waals surface area (Å²) in [6.07, 6.45) is 4.82. The summed E-state index contributed by atoms with van der Waals surface area (Å²) in [5.41, 5.74) is 0. The van der Waals surface area contributed by atoms with Crippen LogP contribution in [0.15, 0.2) is 0 Å².